The van der Waals surface area contributed by atoms with Gasteiger partial charge in [0.25, 0.3) is 5.91 Å². The average molecular weight is 421 g/mol. The highest BCUT2D eigenvalue weighted by Crippen LogP contribution is 2.29. The summed E-state index contributed by atoms with van der Waals surface area (Å²) < 4.78 is 31.6. The van der Waals surface area contributed by atoms with Gasteiger partial charge in [-0.1, -0.05) is 5.16 Å². The minimum absolute atomic E-state index is 0.111. The predicted molar refractivity (Wildman–Crippen MR) is 111 cm³/mol. The van der Waals surface area contributed by atoms with Gasteiger partial charge in [-0.25, -0.2) is 12.7 Å². The van der Waals surface area contributed by atoms with Gasteiger partial charge >= 0.3 is 0 Å². The Morgan fingerprint density at radius 3 is 2.38 bits per heavy atom. The van der Waals surface area contributed by atoms with Crippen LogP contribution < -0.4 is 4.90 Å². The molecule has 0 saturated carbocycles. The summed E-state index contributed by atoms with van der Waals surface area (Å²) in [6, 6.07) is 4.82. The van der Waals surface area contributed by atoms with Crippen LogP contribution in [0.4, 0.5) is 5.69 Å². The summed E-state index contributed by atoms with van der Waals surface area (Å²) in [4.78, 5) is 17.2. The van der Waals surface area contributed by atoms with E-state index in [0.717, 1.165) is 47.2 Å². The van der Waals surface area contributed by atoms with E-state index in [1.807, 2.05) is 13.8 Å². The molecule has 1 aromatic carbocycles. The Morgan fingerprint density at radius 1 is 1.17 bits per heavy atom. The van der Waals surface area contributed by atoms with Crippen molar-refractivity contribution in [3.05, 3.63) is 40.8 Å². The van der Waals surface area contributed by atoms with Crippen LogP contribution in [0.15, 0.2) is 27.6 Å². The number of rotatable bonds is 6. The van der Waals surface area contributed by atoms with Crippen LogP contribution in [0.3, 0.4) is 0 Å². The molecule has 1 aromatic heterocycles. The van der Waals surface area contributed by atoms with E-state index < -0.39 is 10.0 Å². The maximum atomic E-state index is 13.4. The fourth-order valence-electron chi connectivity index (χ4n) is 3.53. The zero-order valence-electron chi connectivity index (χ0n) is 17.6. The zero-order chi connectivity index (χ0) is 21.3. The molecule has 1 amide bonds. The first-order chi connectivity index (χ1) is 13.6. The Hall–Kier alpha value is -2.39. The summed E-state index contributed by atoms with van der Waals surface area (Å²) in [6.07, 6.45) is 2.11. The van der Waals surface area contributed by atoms with Crippen LogP contribution in [0.25, 0.3) is 0 Å². The first-order valence-corrected chi connectivity index (χ1v) is 11.1. The minimum atomic E-state index is -3.64. The van der Waals surface area contributed by atoms with E-state index in [9.17, 15) is 13.2 Å². The number of sulfonamides is 1. The second-order valence-electron chi connectivity index (χ2n) is 7.62. The second-order valence-corrected chi connectivity index (χ2v) is 9.78. The highest BCUT2D eigenvalue weighted by Gasteiger charge is 2.26. The quantitative estimate of drug-likeness (QED) is 0.713. The van der Waals surface area contributed by atoms with Gasteiger partial charge in [-0.2, -0.15) is 0 Å². The maximum absolute atomic E-state index is 13.4. The van der Waals surface area contributed by atoms with Crippen molar-refractivity contribution in [2.45, 2.75) is 38.1 Å². The van der Waals surface area contributed by atoms with Crippen LogP contribution in [-0.2, 0) is 16.6 Å². The van der Waals surface area contributed by atoms with E-state index in [-0.39, 0.29) is 10.8 Å². The lowest BCUT2D eigenvalue weighted by atomic mass is 10.1. The SMILES string of the molecule is Cc1noc(C)c1CN(C)C(=O)c1cc(S(=O)(=O)N(C)C)ccc1N1CCCC1. The second kappa shape index (κ2) is 8.16. The van der Waals surface area contributed by atoms with E-state index in [4.69, 9.17) is 4.52 Å². The van der Waals surface area contributed by atoms with Crippen LogP contribution >= 0.6 is 0 Å². The molecule has 0 bridgehead atoms. The average Bonchev–Trinajstić information content (AvgIpc) is 3.32. The van der Waals surface area contributed by atoms with E-state index in [1.54, 1.807) is 24.1 Å². The Labute approximate surface area is 172 Å². The van der Waals surface area contributed by atoms with Crippen LogP contribution in [0, 0.1) is 13.8 Å². The molecule has 0 unspecified atom stereocenters. The molecule has 0 spiro atoms. The number of hydrogen-bond acceptors (Lipinski definition) is 6. The first-order valence-electron chi connectivity index (χ1n) is 9.61. The molecule has 9 heteroatoms. The Balaban J connectivity index is 2.00. The van der Waals surface area contributed by atoms with E-state index >= 15 is 0 Å². The molecule has 2 aromatic rings. The van der Waals surface area contributed by atoms with Gasteiger partial charge in [-0.3, -0.25) is 4.79 Å². The third kappa shape index (κ3) is 4.16. The lowest BCUT2D eigenvalue weighted by Gasteiger charge is -2.25. The summed E-state index contributed by atoms with van der Waals surface area (Å²) >= 11 is 0. The van der Waals surface area contributed by atoms with Crippen LogP contribution in [0.5, 0.6) is 0 Å². The van der Waals surface area contributed by atoms with Gasteiger partial charge in [0.1, 0.15) is 5.76 Å². The lowest BCUT2D eigenvalue weighted by molar-refractivity contribution is 0.0785. The van der Waals surface area contributed by atoms with Crippen LogP contribution in [0.2, 0.25) is 0 Å². The number of aryl methyl sites for hydroxylation is 2. The molecule has 0 atom stereocenters. The summed E-state index contributed by atoms with van der Waals surface area (Å²) in [5.41, 5.74) is 2.77. The Bertz CT molecular complexity index is 988. The molecule has 0 aliphatic carbocycles. The Morgan fingerprint density at radius 2 is 1.83 bits per heavy atom. The number of aromatic nitrogens is 1. The summed E-state index contributed by atoms with van der Waals surface area (Å²) in [6.45, 7) is 5.70. The van der Waals surface area contributed by atoms with Crippen molar-refractivity contribution in [3.63, 3.8) is 0 Å². The summed E-state index contributed by atoms with van der Waals surface area (Å²) in [5.74, 6) is 0.438. The van der Waals surface area contributed by atoms with Crippen molar-refractivity contribution in [3.8, 4) is 0 Å². The van der Waals surface area contributed by atoms with Gasteiger partial charge in [-0.05, 0) is 44.9 Å². The van der Waals surface area contributed by atoms with Crippen molar-refractivity contribution in [2.75, 3.05) is 39.1 Å². The van der Waals surface area contributed by atoms with Crippen LogP contribution in [0.1, 0.15) is 40.2 Å². The largest absolute Gasteiger partial charge is 0.371 e. The number of benzene rings is 1. The number of amides is 1. The van der Waals surface area contributed by atoms with Gasteiger partial charge < -0.3 is 14.3 Å². The normalized spacial score (nSPS) is 14.6. The van der Waals surface area contributed by atoms with Crippen molar-refractivity contribution in [1.29, 1.82) is 0 Å². The first kappa shape index (κ1) is 21.3. The highest BCUT2D eigenvalue weighted by molar-refractivity contribution is 7.89. The number of nitrogens with zero attached hydrogens (tertiary/aromatic N) is 4. The van der Waals surface area contributed by atoms with Gasteiger partial charge in [0.15, 0.2) is 0 Å². The molecule has 0 N–H and O–H groups in total. The minimum Gasteiger partial charge on any atom is -0.371 e. The van der Waals surface area contributed by atoms with E-state index in [1.165, 1.54) is 20.2 Å². The molecular weight excluding hydrogens is 392 g/mol. The molecule has 1 aliphatic heterocycles. The molecule has 29 heavy (non-hydrogen) atoms. The topological polar surface area (TPSA) is 87.0 Å². The molecule has 158 valence electrons. The van der Waals surface area contributed by atoms with Gasteiger partial charge in [0.2, 0.25) is 10.0 Å². The fourth-order valence-corrected chi connectivity index (χ4v) is 4.46. The predicted octanol–water partition coefficient (Wildman–Crippen LogP) is 2.41. The molecular formula is C20H28N4O4S. The van der Waals surface area contributed by atoms with Crippen molar-refractivity contribution in [2.24, 2.45) is 0 Å². The third-order valence-corrected chi connectivity index (χ3v) is 7.16. The van der Waals surface area contributed by atoms with Gasteiger partial charge in [0, 0.05) is 45.5 Å². The summed E-state index contributed by atoms with van der Waals surface area (Å²) in [7, 11) is 1.02. The molecule has 2 heterocycles. The monoisotopic (exact) mass is 420 g/mol. The van der Waals surface area contributed by atoms with Crippen molar-refractivity contribution < 1.29 is 17.7 Å². The third-order valence-electron chi connectivity index (χ3n) is 5.35. The molecule has 1 fully saturated rings. The standard InChI is InChI=1S/C20H28N4O4S/c1-14-18(15(2)28-21-14)13-23(5)20(25)17-12-16(29(26,27)22(3)4)8-9-19(17)24-10-6-7-11-24/h8-9,12H,6-7,10-11,13H2,1-5H3. The number of carbonyl (C=O) groups is 1. The zero-order valence-corrected chi connectivity index (χ0v) is 18.4. The molecule has 1 saturated heterocycles. The van der Waals surface area contributed by atoms with Crippen LogP contribution in [-0.4, -0.2) is 62.9 Å². The van der Waals surface area contributed by atoms with E-state index in [0.29, 0.717) is 17.9 Å². The molecule has 0 radical (unpaired) electrons. The highest BCUT2D eigenvalue weighted by atomic mass is 32.2. The molecule has 8 nitrogen and oxygen atoms in total. The molecule has 3 rings (SSSR count). The lowest BCUT2D eigenvalue weighted by Crippen LogP contribution is -2.30. The number of carbonyl (C=O) groups excluding carboxylic acids is 1. The number of anilines is 1. The fraction of sp³-hybridized carbons (Fsp3) is 0.500. The summed E-state index contributed by atoms with van der Waals surface area (Å²) in [5, 5.41) is 3.94. The van der Waals surface area contributed by atoms with Crippen molar-refractivity contribution >= 4 is 21.6 Å². The Kier molecular flexibility index (Phi) is 6.00. The maximum Gasteiger partial charge on any atom is 0.256 e. The smallest absolute Gasteiger partial charge is 0.256 e. The van der Waals surface area contributed by atoms with Crippen molar-refractivity contribution in [1.82, 2.24) is 14.4 Å². The van der Waals surface area contributed by atoms with Gasteiger partial charge in [-0.15, -0.1) is 0 Å². The number of hydrogen-bond donors (Lipinski definition) is 0. The van der Waals surface area contributed by atoms with E-state index in [2.05, 4.69) is 10.1 Å². The molecule has 1 aliphatic rings. The van der Waals surface area contributed by atoms with Gasteiger partial charge in [0.05, 0.1) is 22.7 Å².